The van der Waals surface area contributed by atoms with E-state index in [0.29, 0.717) is 6.54 Å². The van der Waals surface area contributed by atoms with Gasteiger partial charge < -0.3 is 20.9 Å². The quantitative estimate of drug-likeness (QED) is 0.163. The molecule has 0 fully saturated rings. The highest BCUT2D eigenvalue weighted by Gasteiger charge is 2.26. The molecule has 2 aliphatic rings. The van der Waals surface area contributed by atoms with Crippen LogP contribution < -0.4 is 16.4 Å². The van der Waals surface area contributed by atoms with E-state index < -0.39 is 0 Å². The molecule has 0 unspecified atom stereocenters. The summed E-state index contributed by atoms with van der Waals surface area (Å²) >= 11 is 0. The van der Waals surface area contributed by atoms with E-state index in [2.05, 4.69) is 176 Å². The van der Waals surface area contributed by atoms with Crippen molar-refractivity contribution in [2.75, 3.05) is 4.90 Å². The lowest BCUT2D eigenvalue weighted by atomic mass is 9.95. The Hall–Kier alpha value is -6.78. The zero-order valence-electron chi connectivity index (χ0n) is 31.1. The summed E-state index contributed by atoms with van der Waals surface area (Å²) in [7, 11) is 0. The Bertz CT molecular complexity index is 2700. The van der Waals surface area contributed by atoms with Crippen molar-refractivity contribution in [3.8, 4) is 11.1 Å². The highest BCUT2D eigenvalue weighted by molar-refractivity contribution is 6.10. The van der Waals surface area contributed by atoms with Crippen molar-refractivity contribution < 1.29 is 0 Å². The predicted octanol–water partition coefficient (Wildman–Crippen LogP) is 12.3. The van der Waals surface area contributed by atoms with E-state index in [0.717, 1.165) is 61.6 Å². The van der Waals surface area contributed by atoms with E-state index in [1.54, 1.807) is 6.20 Å². The summed E-state index contributed by atoms with van der Waals surface area (Å²) in [6.07, 6.45) is 20.5. The first kappa shape index (κ1) is 34.3. The molecule has 0 saturated carbocycles. The monoisotopic (exact) mass is 700 g/mol. The lowest BCUT2D eigenvalue weighted by Crippen LogP contribution is -2.11. The van der Waals surface area contributed by atoms with Gasteiger partial charge in [-0.2, -0.15) is 0 Å². The smallest absolute Gasteiger partial charge is 0.0534 e. The van der Waals surface area contributed by atoms with Gasteiger partial charge >= 0.3 is 0 Å². The third-order valence-electron chi connectivity index (χ3n) is 10.6. The lowest BCUT2D eigenvalue weighted by Gasteiger charge is -2.26. The molecule has 2 heterocycles. The predicted molar refractivity (Wildman–Crippen MR) is 233 cm³/mol. The third kappa shape index (κ3) is 5.82. The second-order valence-electron chi connectivity index (χ2n) is 13.7. The second kappa shape index (κ2) is 14.3. The molecule has 0 radical (unpaired) electrons. The minimum atomic E-state index is 0.681. The topological polar surface area (TPSA) is 60.2 Å². The Morgan fingerprint density at radius 3 is 2.37 bits per heavy atom. The minimum absolute atomic E-state index is 0.681. The molecular weight excluding hydrogens is 657 g/mol. The average Bonchev–Trinajstić information content (AvgIpc) is 3.66. The maximum Gasteiger partial charge on any atom is 0.0534 e. The highest BCUT2D eigenvalue weighted by atomic mass is 15.1. The molecule has 54 heavy (non-hydrogen) atoms. The lowest BCUT2D eigenvalue weighted by molar-refractivity contribution is 0.866. The largest absolute Gasteiger partial charge is 0.404 e. The number of hydrogen-bond donors (Lipinski definition) is 2. The molecule has 0 atom stereocenters. The standard InChI is InChI=1S/C50H44N4/c1-5-14-34(7-3)35-17-12-19-39(28-35)53-27-11-10-16-33(4)43-29-36(23-25-47(43)53)37-24-26-48-44(30-37)40-20-8-9-22-46(40)54(48)32-38-18-13-21-42-49(38)45(31-51)41(15-6-2)50(42)52/h5-31H,4,32,51-52H2,1-3H3/b14-5-,15-6-,16-10-,27-11-,34-7+,45-31-. The van der Waals surface area contributed by atoms with Gasteiger partial charge in [0.05, 0.1) is 5.69 Å². The molecule has 1 aromatic heterocycles. The van der Waals surface area contributed by atoms with Crippen molar-refractivity contribution in [3.63, 3.8) is 0 Å². The average molecular weight is 701 g/mol. The molecule has 0 bridgehead atoms. The minimum Gasteiger partial charge on any atom is -0.404 e. The van der Waals surface area contributed by atoms with Crippen LogP contribution in [0.3, 0.4) is 0 Å². The van der Waals surface area contributed by atoms with Gasteiger partial charge in [-0.05, 0) is 108 Å². The van der Waals surface area contributed by atoms with Crippen molar-refractivity contribution in [1.29, 1.82) is 0 Å². The van der Waals surface area contributed by atoms with Gasteiger partial charge in [0, 0.05) is 74.4 Å². The van der Waals surface area contributed by atoms with Gasteiger partial charge in [-0.3, -0.25) is 0 Å². The summed E-state index contributed by atoms with van der Waals surface area (Å²) in [4.78, 5) is 2.26. The fourth-order valence-corrected chi connectivity index (χ4v) is 8.05. The van der Waals surface area contributed by atoms with Crippen LogP contribution in [0, 0.1) is 0 Å². The Morgan fingerprint density at radius 1 is 0.759 bits per heavy atom. The molecular formula is C50H44N4. The van der Waals surface area contributed by atoms with Gasteiger partial charge in [0.1, 0.15) is 0 Å². The van der Waals surface area contributed by atoms with Crippen molar-refractivity contribution in [3.05, 3.63) is 204 Å². The van der Waals surface area contributed by atoms with E-state index in [4.69, 9.17) is 11.5 Å². The molecule has 264 valence electrons. The Morgan fingerprint density at radius 2 is 1.56 bits per heavy atom. The summed E-state index contributed by atoms with van der Waals surface area (Å²) in [5.41, 5.74) is 30.2. The van der Waals surface area contributed by atoms with Crippen LogP contribution in [-0.4, -0.2) is 4.57 Å². The number of hydrogen-bond acceptors (Lipinski definition) is 3. The Kier molecular flexibility index (Phi) is 9.10. The van der Waals surface area contributed by atoms with Gasteiger partial charge in [-0.15, -0.1) is 0 Å². The first-order chi connectivity index (χ1) is 26.4. The van der Waals surface area contributed by atoms with Crippen LogP contribution in [0.2, 0.25) is 0 Å². The fraction of sp³-hybridized carbons (Fsp3) is 0.0800. The number of allylic oxidation sites excluding steroid dienone is 12. The number of nitrogens with two attached hydrogens (primary N) is 2. The molecule has 6 aromatic rings. The van der Waals surface area contributed by atoms with Gasteiger partial charge in [-0.25, -0.2) is 0 Å². The summed E-state index contributed by atoms with van der Waals surface area (Å²) < 4.78 is 2.42. The molecule has 8 rings (SSSR count). The molecule has 0 amide bonds. The van der Waals surface area contributed by atoms with Crippen molar-refractivity contribution >= 4 is 55.6 Å². The number of nitrogens with zero attached hydrogens (tertiary/aromatic N) is 2. The van der Waals surface area contributed by atoms with Crippen LogP contribution in [0.1, 0.15) is 48.6 Å². The molecule has 5 aromatic carbocycles. The number of aromatic nitrogens is 1. The normalized spacial score (nSPS) is 16.5. The van der Waals surface area contributed by atoms with E-state index in [1.807, 2.05) is 19.1 Å². The van der Waals surface area contributed by atoms with Crippen molar-refractivity contribution in [1.82, 2.24) is 4.57 Å². The summed E-state index contributed by atoms with van der Waals surface area (Å²) in [6.45, 7) is 11.3. The maximum atomic E-state index is 6.68. The van der Waals surface area contributed by atoms with Gasteiger partial charge in [-0.1, -0.05) is 110 Å². The molecule has 1 aliphatic carbocycles. The van der Waals surface area contributed by atoms with E-state index in [9.17, 15) is 0 Å². The van der Waals surface area contributed by atoms with E-state index >= 15 is 0 Å². The molecule has 4 nitrogen and oxygen atoms in total. The van der Waals surface area contributed by atoms with Crippen LogP contribution >= 0.6 is 0 Å². The van der Waals surface area contributed by atoms with Crippen LogP contribution in [0.5, 0.6) is 0 Å². The number of fused-ring (bicyclic) bond motifs is 5. The van der Waals surface area contributed by atoms with Crippen LogP contribution in [-0.2, 0) is 6.54 Å². The SMILES string of the molecule is C=C1/C=C\C=C/N(c2cccc(C(/C=C\C)=C/C)c2)c2ccc(-c3ccc4c(c3)c3ccccc3n4Cc3cccc4c3/C(=C\N)C(/C=C\C)=C4N)cc21. The number of anilines is 2. The first-order valence-corrected chi connectivity index (χ1v) is 18.5. The number of para-hydroxylation sites is 1. The first-order valence-electron chi connectivity index (χ1n) is 18.5. The number of benzene rings is 5. The van der Waals surface area contributed by atoms with Crippen LogP contribution in [0.15, 0.2) is 176 Å². The molecule has 1 aliphatic heterocycles. The molecule has 0 saturated heterocycles. The van der Waals surface area contributed by atoms with Gasteiger partial charge in [0.2, 0.25) is 0 Å². The van der Waals surface area contributed by atoms with E-state index in [1.165, 1.54) is 38.5 Å². The van der Waals surface area contributed by atoms with Gasteiger partial charge in [0.15, 0.2) is 0 Å². The Labute approximate surface area is 318 Å². The Balaban J connectivity index is 1.21. The van der Waals surface area contributed by atoms with Gasteiger partial charge in [0.25, 0.3) is 0 Å². The van der Waals surface area contributed by atoms with Crippen molar-refractivity contribution in [2.45, 2.75) is 27.3 Å². The zero-order valence-corrected chi connectivity index (χ0v) is 31.1. The molecule has 4 heteroatoms. The third-order valence-corrected chi connectivity index (χ3v) is 10.6. The zero-order chi connectivity index (χ0) is 37.3. The van der Waals surface area contributed by atoms with Crippen molar-refractivity contribution in [2.24, 2.45) is 11.5 Å². The second-order valence-corrected chi connectivity index (χ2v) is 13.7. The highest BCUT2D eigenvalue weighted by Crippen LogP contribution is 2.43. The summed E-state index contributed by atoms with van der Waals surface area (Å²) in [5, 5.41) is 2.43. The van der Waals surface area contributed by atoms with Crippen LogP contribution in [0.25, 0.3) is 55.3 Å². The summed E-state index contributed by atoms with van der Waals surface area (Å²) in [5.74, 6) is 0. The maximum absolute atomic E-state index is 6.68. The van der Waals surface area contributed by atoms with Crippen LogP contribution in [0.4, 0.5) is 11.4 Å². The molecule has 0 spiro atoms. The number of rotatable bonds is 7. The van der Waals surface area contributed by atoms with E-state index in [-0.39, 0.29) is 0 Å². The summed E-state index contributed by atoms with van der Waals surface area (Å²) in [6, 6.07) is 37.3. The fourth-order valence-electron chi connectivity index (χ4n) is 8.05. The molecule has 4 N–H and O–H groups in total.